The van der Waals surface area contributed by atoms with Crippen LogP contribution in [0, 0.1) is 5.92 Å². The van der Waals surface area contributed by atoms with E-state index in [1.807, 2.05) is 5.38 Å². The Morgan fingerprint density at radius 2 is 2.00 bits per heavy atom. The van der Waals surface area contributed by atoms with Gasteiger partial charge in [-0.05, 0) is 18.8 Å². The number of amides is 3. The van der Waals surface area contributed by atoms with E-state index in [0.717, 1.165) is 18.2 Å². The van der Waals surface area contributed by atoms with Gasteiger partial charge in [0.1, 0.15) is 5.54 Å². The van der Waals surface area contributed by atoms with Crippen LogP contribution < -0.4 is 4.90 Å². The molecule has 0 saturated carbocycles. The summed E-state index contributed by atoms with van der Waals surface area (Å²) in [5.41, 5.74) is -0.649. The van der Waals surface area contributed by atoms with Gasteiger partial charge in [0.05, 0.1) is 0 Å². The Labute approximate surface area is 134 Å². The topological polar surface area (TPSA) is 56.8 Å². The number of likely N-dealkylation sites (N-methyl/N-ethyl adjacent to an activating group) is 1. The van der Waals surface area contributed by atoms with Gasteiger partial charge in [0.25, 0.3) is 5.91 Å². The van der Waals surface area contributed by atoms with Crippen molar-refractivity contribution in [2.24, 2.45) is 5.92 Å². The zero-order valence-electron chi connectivity index (χ0n) is 13.3. The van der Waals surface area contributed by atoms with E-state index in [1.165, 1.54) is 4.90 Å². The van der Waals surface area contributed by atoms with Gasteiger partial charge in [-0.3, -0.25) is 9.69 Å². The molecule has 1 aromatic rings. The molecule has 22 heavy (non-hydrogen) atoms. The summed E-state index contributed by atoms with van der Waals surface area (Å²) in [7, 11) is 1.60. The smallest absolute Gasteiger partial charge is 0.327 e. The van der Waals surface area contributed by atoms with E-state index in [2.05, 4.69) is 23.7 Å². The van der Waals surface area contributed by atoms with Crippen molar-refractivity contribution in [3.8, 4) is 0 Å². The molecule has 0 bridgehead atoms. The molecule has 2 aliphatic rings. The molecule has 0 aliphatic carbocycles. The lowest BCUT2D eigenvalue weighted by atomic mass is 9.85. The molecule has 7 heteroatoms. The number of carbonyl (C=O) groups excluding carboxylic acids is 2. The minimum Gasteiger partial charge on any atom is -0.348 e. The molecule has 0 atom stereocenters. The van der Waals surface area contributed by atoms with Crippen molar-refractivity contribution in [1.82, 2.24) is 14.8 Å². The van der Waals surface area contributed by atoms with Gasteiger partial charge in [-0.1, -0.05) is 13.8 Å². The first kappa shape index (κ1) is 15.3. The summed E-state index contributed by atoms with van der Waals surface area (Å²) in [6, 6.07) is -0.151. The Morgan fingerprint density at radius 3 is 2.55 bits per heavy atom. The molecule has 2 saturated heterocycles. The highest BCUT2D eigenvalue weighted by Crippen LogP contribution is 2.38. The monoisotopic (exact) mass is 322 g/mol. The van der Waals surface area contributed by atoms with Crippen molar-refractivity contribution in [2.75, 3.05) is 31.6 Å². The quantitative estimate of drug-likeness (QED) is 0.799. The summed E-state index contributed by atoms with van der Waals surface area (Å²) < 4.78 is 0. The maximum Gasteiger partial charge on any atom is 0.327 e. The number of imide groups is 1. The van der Waals surface area contributed by atoms with Crippen molar-refractivity contribution < 1.29 is 9.59 Å². The van der Waals surface area contributed by atoms with Gasteiger partial charge in [0, 0.05) is 38.3 Å². The largest absolute Gasteiger partial charge is 0.348 e. The SMILES string of the molecule is CC(C)CN1C(=O)N(C)C(=O)C12CCN(c1nccs1)CC2. The van der Waals surface area contributed by atoms with Crippen LogP contribution in [-0.4, -0.2) is 58.9 Å². The van der Waals surface area contributed by atoms with E-state index in [9.17, 15) is 9.59 Å². The number of urea groups is 1. The Hall–Kier alpha value is -1.63. The average molecular weight is 322 g/mol. The first-order valence-electron chi connectivity index (χ1n) is 7.70. The van der Waals surface area contributed by atoms with E-state index in [4.69, 9.17) is 0 Å². The van der Waals surface area contributed by atoms with Crippen molar-refractivity contribution >= 4 is 28.4 Å². The summed E-state index contributed by atoms with van der Waals surface area (Å²) in [5, 5.41) is 2.96. The van der Waals surface area contributed by atoms with Crippen LogP contribution in [0.15, 0.2) is 11.6 Å². The number of thiazole rings is 1. The van der Waals surface area contributed by atoms with Gasteiger partial charge >= 0.3 is 6.03 Å². The van der Waals surface area contributed by atoms with Crippen LogP contribution in [0.4, 0.5) is 9.93 Å². The third-order valence-corrected chi connectivity index (χ3v) is 5.40. The highest BCUT2D eigenvalue weighted by Gasteiger charge is 2.56. The maximum atomic E-state index is 12.7. The molecule has 2 aliphatic heterocycles. The van der Waals surface area contributed by atoms with Crippen LogP contribution in [0.2, 0.25) is 0 Å². The van der Waals surface area contributed by atoms with E-state index in [-0.39, 0.29) is 11.9 Å². The Bertz CT molecular complexity index is 564. The lowest BCUT2D eigenvalue weighted by molar-refractivity contribution is -0.133. The number of carbonyl (C=O) groups is 2. The molecule has 1 spiro atoms. The first-order valence-corrected chi connectivity index (χ1v) is 8.58. The zero-order chi connectivity index (χ0) is 15.9. The summed E-state index contributed by atoms with van der Waals surface area (Å²) in [4.78, 5) is 34.8. The average Bonchev–Trinajstić information content (AvgIpc) is 3.09. The lowest BCUT2D eigenvalue weighted by Crippen LogP contribution is -2.57. The molecule has 3 rings (SSSR count). The first-order chi connectivity index (χ1) is 10.5. The molecular weight excluding hydrogens is 300 g/mol. The van der Waals surface area contributed by atoms with E-state index in [1.54, 1.807) is 29.5 Å². The highest BCUT2D eigenvalue weighted by atomic mass is 32.1. The number of nitrogens with zero attached hydrogens (tertiary/aromatic N) is 4. The van der Waals surface area contributed by atoms with Crippen molar-refractivity contribution in [1.29, 1.82) is 0 Å². The Kier molecular flexibility index (Phi) is 3.84. The molecule has 0 radical (unpaired) electrons. The van der Waals surface area contributed by atoms with Crippen LogP contribution >= 0.6 is 11.3 Å². The number of piperidine rings is 1. The third kappa shape index (κ3) is 2.27. The summed E-state index contributed by atoms with van der Waals surface area (Å²) in [6.07, 6.45) is 3.15. The maximum absolute atomic E-state index is 12.7. The second-order valence-corrected chi connectivity index (χ2v) is 7.36. The molecule has 2 fully saturated rings. The second kappa shape index (κ2) is 5.53. The van der Waals surface area contributed by atoms with Crippen LogP contribution in [0.5, 0.6) is 0 Å². The van der Waals surface area contributed by atoms with Gasteiger partial charge in [-0.15, -0.1) is 11.3 Å². The Morgan fingerprint density at radius 1 is 1.32 bits per heavy atom. The van der Waals surface area contributed by atoms with Crippen molar-refractivity contribution in [3.63, 3.8) is 0 Å². The number of hydrogen-bond acceptors (Lipinski definition) is 5. The number of aromatic nitrogens is 1. The zero-order valence-corrected chi connectivity index (χ0v) is 14.1. The van der Waals surface area contributed by atoms with Crippen molar-refractivity contribution in [2.45, 2.75) is 32.2 Å². The minimum atomic E-state index is -0.649. The molecule has 3 heterocycles. The van der Waals surface area contributed by atoms with Crippen LogP contribution in [0.1, 0.15) is 26.7 Å². The molecule has 0 aromatic carbocycles. The number of hydrogen-bond donors (Lipinski definition) is 0. The van der Waals surface area contributed by atoms with E-state index < -0.39 is 5.54 Å². The molecule has 1 aromatic heterocycles. The number of anilines is 1. The normalized spacial score (nSPS) is 21.5. The summed E-state index contributed by atoms with van der Waals surface area (Å²) in [5.74, 6) is 0.300. The third-order valence-electron chi connectivity index (χ3n) is 4.57. The van der Waals surface area contributed by atoms with Gasteiger partial charge < -0.3 is 9.80 Å². The molecule has 120 valence electrons. The second-order valence-electron chi connectivity index (χ2n) is 6.48. The minimum absolute atomic E-state index is 0.0445. The van der Waals surface area contributed by atoms with E-state index in [0.29, 0.717) is 25.3 Å². The van der Waals surface area contributed by atoms with Crippen LogP contribution in [0.3, 0.4) is 0 Å². The highest BCUT2D eigenvalue weighted by molar-refractivity contribution is 7.13. The summed E-state index contributed by atoms with van der Waals surface area (Å²) >= 11 is 1.61. The molecule has 0 N–H and O–H groups in total. The van der Waals surface area contributed by atoms with Crippen molar-refractivity contribution in [3.05, 3.63) is 11.6 Å². The predicted octanol–water partition coefficient (Wildman–Crippen LogP) is 2.03. The van der Waals surface area contributed by atoms with Gasteiger partial charge in [-0.2, -0.15) is 0 Å². The Balaban J connectivity index is 1.82. The predicted molar refractivity (Wildman–Crippen MR) is 86.0 cm³/mol. The molecule has 6 nitrogen and oxygen atoms in total. The van der Waals surface area contributed by atoms with Crippen LogP contribution in [-0.2, 0) is 4.79 Å². The van der Waals surface area contributed by atoms with Gasteiger partial charge in [0.15, 0.2) is 5.13 Å². The van der Waals surface area contributed by atoms with Crippen LogP contribution in [0.25, 0.3) is 0 Å². The van der Waals surface area contributed by atoms with Gasteiger partial charge in [-0.25, -0.2) is 9.78 Å². The fourth-order valence-electron chi connectivity index (χ4n) is 3.42. The molecule has 0 unspecified atom stereocenters. The standard InChI is InChI=1S/C15H22N4O2S/c1-11(2)10-19-14(21)17(3)12(20)15(19)4-7-18(8-5-15)13-16-6-9-22-13/h6,9,11H,4-5,7-8,10H2,1-3H3. The summed E-state index contributed by atoms with van der Waals surface area (Å²) in [6.45, 7) is 6.30. The lowest BCUT2D eigenvalue weighted by Gasteiger charge is -2.42. The molecular formula is C15H22N4O2S. The van der Waals surface area contributed by atoms with Gasteiger partial charge in [0.2, 0.25) is 0 Å². The molecule has 3 amide bonds. The fraction of sp³-hybridized carbons (Fsp3) is 0.667. The fourth-order valence-corrected chi connectivity index (χ4v) is 4.12. The van der Waals surface area contributed by atoms with E-state index >= 15 is 0 Å². The number of rotatable bonds is 3.